The molecule has 1 atom stereocenters. The van der Waals surface area contributed by atoms with E-state index in [1.165, 1.54) is 37.4 Å². The molecule has 0 fully saturated rings. The quantitative estimate of drug-likeness (QED) is 0.426. The first-order chi connectivity index (χ1) is 16.5. The van der Waals surface area contributed by atoms with Gasteiger partial charge in [0.1, 0.15) is 23.1 Å². The molecule has 0 aliphatic carbocycles. The van der Waals surface area contributed by atoms with E-state index in [0.29, 0.717) is 5.56 Å². The zero-order valence-electron chi connectivity index (χ0n) is 19.3. The Morgan fingerprint density at radius 1 is 0.914 bits per heavy atom. The second-order valence-corrected chi connectivity index (χ2v) is 10.1. The average Bonchev–Trinajstić information content (AvgIpc) is 2.77. The van der Waals surface area contributed by atoms with E-state index in [1.54, 1.807) is 26.0 Å². The molecule has 0 bridgehead atoms. The van der Waals surface area contributed by atoms with E-state index in [2.05, 4.69) is 0 Å². The second-order valence-electron chi connectivity index (χ2n) is 8.08. The maximum Gasteiger partial charge on any atom is 0.349 e. The van der Waals surface area contributed by atoms with Gasteiger partial charge in [-0.25, -0.2) is 22.0 Å². The highest BCUT2D eigenvalue weighted by atomic mass is 32.2. The lowest BCUT2D eigenvalue weighted by atomic mass is 10.1. The summed E-state index contributed by atoms with van der Waals surface area (Å²) in [6, 6.07) is 14.3. The van der Waals surface area contributed by atoms with Crippen molar-refractivity contribution in [2.75, 3.05) is 7.05 Å². The topological polar surface area (TPSA) is 93.1 Å². The highest BCUT2D eigenvalue weighted by molar-refractivity contribution is 7.89. The number of hydrogen-bond acceptors (Lipinski definition) is 5. The minimum Gasteiger partial charge on any atom is -0.491 e. The molecular formula is C25H25F2NO6S. The van der Waals surface area contributed by atoms with Crippen LogP contribution in [0.15, 0.2) is 71.6 Å². The maximum absolute atomic E-state index is 14.1. The largest absolute Gasteiger partial charge is 0.491 e. The van der Waals surface area contributed by atoms with Gasteiger partial charge in [-0.15, -0.1) is 0 Å². The fraction of sp³-hybridized carbons (Fsp3) is 0.240. The van der Waals surface area contributed by atoms with Gasteiger partial charge in [0, 0.05) is 25.2 Å². The minimum atomic E-state index is -3.84. The number of carboxylic acid groups (broad SMARTS) is 1. The van der Waals surface area contributed by atoms with Gasteiger partial charge in [0.2, 0.25) is 16.1 Å². The smallest absolute Gasteiger partial charge is 0.349 e. The van der Waals surface area contributed by atoms with E-state index in [0.717, 1.165) is 28.6 Å². The number of hydrogen-bond donors (Lipinski definition) is 1. The highest BCUT2D eigenvalue weighted by Gasteiger charge is 2.24. The molecule has 1 N–H and O–H groups in total. The molecule has 7 nitrogen and oxygen atoms in total. The first-order valence-electron chi connectivity index (χ1n) is 10.6. The molecule has 0 aliphatic rings. The van der Waals surface area contributed by atoms with Crippen LogP contribution in [0, 0.1) is 11.6 Å². The van der Waals surface area contributed by atoms with Crippen LogP contribution in [-0.2, 0) is 21.4 Å². The number of sulfonamides is 1. The molecule has 10 heteroatoms. The van der Waals surface area contributed by atoms with E-state index < -0.39 is 33.7 Å². The summed E-state index contributed by atoms with van der Waals surface area (Å²) in [7, 11) is -2.44. The van der Waals surface area contributed by atoms with Crippen LogP contribution in [0.3, 0.4) is 0 Å². The number of nitrogens with zero attached hydrogens (tertiary/aromatic N) is 1. The molecule has 35 heavy (non-hydrogen) atoms. The SMILES string of the molecule is CC(C)Oc1cc(F)cc(C(Oc2ccc(CN(C)S(=O)(=O)c3ccc(F)cc3)cc2)C(=O)O)c1. The van der Waals surface area contributed by atoms with Crippen LogP contribution in [0.5, 0.6) is 11.5 Å². The first kappa shape index (κ1) is 26.1. The Kier molecular flexibility index (Phi) is 8.08. The zero-order chi connectivity index (χ0) is 25.8. The summed E-state index contributed by atoms with van der Waals surface area (Å²) in [6.07, 6.45) is -1.72. The molecule has 3 aromatic rings. The van der Waals surface area contributed by atoms with Crippen molar-refractivity contribution in [3.05, 3.63) is 89.5 Å². The number of halogens is 2. The van der Waals surface area contributed by atoms with Gasteiger partial charge in [-0.05, 0) is 67.9 Å². The molecule has 3 rings (SSSR count). The van der Waals surface area contributed by atoms with Gasteiger partial charge in [0.05, 0.1) is 11.0 Å². The van der Waals surface area contributed by atoms with E-state index >= 15 is 0 Å². The van der Waals surface area contributed by atoms with Gasteiger partial charge >= 0.3 is 5.97 Å². The number of rotatable bonds is 10. The molecular weight excluding hydrogens is 480 g/mol. The van der Waals surface area contributed by atoms with Crippen molar-refractivity contribution in [1.29, 1.82) is 0 Å². The third-order valence-corrected chi connectivity index (χ3v) is 6.71. The summed E-state index contributed by atoms with van der Waals surface area (Å²) in [5.41, 5.74) is 0.679. The van der Waals surface area contributed by atoms with Crippen molar-refractivity contribution in [1.82, 2.24) is 4.31 Å². The van der Waals surface area contributed by atoms with Gasteiger partial charge in [0.25, 0.3) is 0 Å². The van der Waals surface area contributed by atoms with E-state index in [4.69, 9.17) is 9.47 Å². The van der Waals surface area contributed by atoms with Crippen LogP contribution >= 0.6 is 0 Å². The third-order valence-electron chi connectivity index (χ3n) is 4.90. The van der Waals surface area contributed by atoms with Crippen LogP contribution < -0.4 is 9.47 Å². The van der Waals surface area contributed by atoms with Gasteiger partial charge in [0.15, 0.2) is 0 Å². The predicted molar refractivity (Wildman–Crippen MR) is 125 cm³/mol. The lowest BCUT2D eigenvalue weighted by Gasteiger charge is -2.19. The van der Waals surface area contributed by atoms with Crippen LogP contribution in [0.1, 0.15) is 31.1 Å². The fourth-order valence-electron chi connectivity index (χ4n) is 3.28. The minimum absolute atomic E-state index is 0.0160. The van der Waals surface area contributed by atoms with Crippen LogP contribution in [0.2, 0.25) is 0 Å². The average molecular weight is 506 g/mol. The maximum atomic E-state index is 14.1. The Morgan fingerprint density at radius 3 is 2.11 bits per heavy atom. The molecule has 0 spiro atoms. The molecule has 0 radical (unpaired) electrons. The van der Waals surface area contributed by atoms with Gasteiger partial charge in [-0.1, -0.05) is 12.1 Å². The van der Waals surface area contributed by atoms with Crippen molar-refractivity contribution in [2.24, 2.45) is 0 Å². The molecule has 0 amide bonds. The second kappa shape index (κ2) is 10.8. The Labute approximate surface area is 202 Å². The number of aliphatic carboxylic acids is 1. The molecule has 0 aliphatic heterocycles. The van der Waals surface area contributed by atoms with Crippen molar-refractivity contribution in [3.63, 3.8) is 0 Å². The Morgan fingerprint density at radius 2 is 1.54 bits per heavy atom. The molecule has 0 saturated heterocycles. The van der Waals surface area contributed by atoms with Gasteiger partial charge in [-0.2, -0.15) is 4.31 Å². The third kappa shape index (κ3) is 6.77. The van der Waals surface area contributed by atoms with Gasteiger partial charge < -0.3 is 14.6 Å². The Hall–Kier alpha value is -3.50. The number of carboxylic acids is 1. The van der Waals surface area contributed by atoms with Crippen LogP contribution in [0.4, 0.5) is 8.78 Å². The predicted octanol–water partition coefficient (Wildman–Crippen LogP) is 4.78. The van der Waals surface area contributed by atoms with Crippen molar-refractivity contribution < 1.29 is 36.6 Å². The standard InChI is InChI=1S/C25H25F2NO6S/c1-16(2)33-22-13-18(12-20(27)14-22)24(25(29)30)34-21-8-4-17(5-9-21)15-28(3)35(31,32)23-10-6-19(26)7-11-23/h4-14,16,24H,15H2,1-3H3,(H,29,30). The number of benzene rings is 3. The normalized spacial score (nSPS) is 12.5. The molecule has 0 aromatic heterocycles. The first-order valence-corrected chi connectivity index (χ1v) is 12.1. The highest BCUT2D eigenvalue weighted by Crippen LogP contribution is 2.28. The summed E-state index contributed by atoms with van der Waals surface area (Å²) in [4.78, 5) is 11.8. The number of ether oxygens (including phenoxy) is 2. The monoisotopic (exact) mass is 505 g/mol. The molecule has 186 valence electrons. The van der Waals surface area contributed by atoms with Crippen LogP contribution in [-0.4, -0.2) is 37.0 Å². The van der Waals surface area contributed by atoms with E-state index in [9.17, 15) is 27.1 Å². The number of carbonyl (C=O) groups is 1. The summed E-state index contributed by atoms with van der Waals surface area (Å²) in [5.74, 6) is -2.14. The summed E-state index contributed by atoms with van der Waals surface area (Å²) < 4.78 is 64.7. The molecule has 0 heterocycles. The summed E-state index contributed by atoms with van der Waals surface area (Å²) >= 11 is 0. The Balaban J connectivity index is 1.75. The van der Waals surface area contributed by atoms with Crippen LogP contribution in [0.25, 0.3) is 0 Å². The van der Waals surface area contributed by atoms with Gasteiger partial charge in [-0.3, -0.25) is 0 Å². The lowest BCUT2D eigenvalue weighted by molar-refractivity contribution is -0.145. The zero-order valence-corrected chi connectivity index (χ0v) is 20.1. The van der Waals surface area contributed by atoms with Crippen molar-refractivity contribution >= 4 is 16.0 Å². The Bertz CT molecular complexity index is 1280. The van der Waals surface area contributed by atoms with E-state index in [1.807, 2.05) is 0 Å². The lowest BCUT2D eigenvalue weighted by Crippen LogP contribution is -2.26. The van der Waals surface area contributed by atoms with Crippen molar-refractivity contribution in [3.8, 4) is 11.5 Å². The van der Waals surface area contributed by atoms with Crippen molar-refractivity contribution in [2.45, 2.75) is 37.5 Å². The summed E-state index contributed by atoms with van der Waals surface area (Å²) in [6.45, 7) is 3.54. The molecule has 0 saturated carbocycles. The fourth-order valence-corrected chi connectivity index (χ4v) is 4.43. The molecule has 1 unspecified atom stereocenters. The molecule has 3 aromatic carbocycles. The summed E-state index contributed by atoms with van der Waals surface area (Å²) in [5, 5.41) is 9.66. The van der Waals surface area contributed by atoms with E-state index in [-0.39, 0.29) is 34.6 Å².